The van der Waals surface area contributed by atoms with Crippen molar-refractivity contribution in [2.75, 3.05) is 5.32 Å². The Kier molecular flexibility index (Phi) is 3.19. The van der Waals surface area contributed by atoms with Crippen molar-refractivity contribution < 1.29 is 0 Å². The molecule has 2 rings (SSSR count). The summed E-state index contributed by atoms with van der Waals surface area (Å²) in [6.45, 7) is 4.23. The smallest absolute Gasteiger partial charge is 0.147 e. The van der Waals surface area contributed by atoms with Crippen LogP contribution in [0.3, 0.4) is 0 Å². The summed E-state index contributed by atoms with van der Waals surface area (Å²) in [6, 6.07) is 0.563. The lowest BCUT2D eigenvalue weighted by molar-refractivity contribution is 0.584. The summed E-state index contributed by atoms with van der Waals surface area (Å²) in [5.74, 6) is 1.91. The third-order valence-electron chi connectivity index (χ3n) is 3.03. The second-order valence-corrected chi connectivity index (χ2v) is 4.42. The second-order valence-electron chi connectivity index (χ2n) is 4.42. The van der Waals surface area contributed by atoms with Gasteiger partial charge in [-0.2, -0.15) is 0 Å². The molecule has 1 atom stereocenters. The minimum Gasteiger partial charge on any atom is -0.366 e. The highest BCUT2D eigenvalue weighted by atomic mass is 15.0. The third kappa shape index (κ3) is 2.91. The van der Waals surface area contributed by atoms with Gasteiger partial charge in [-0.25, -0.2) is 4.98 Å². The van der Waals surface area contributed by atoms with E-state index in [2.05, 4.69) is 22.2 Å². The fourth-order valence-corrected chi connectivity index (χ4v) is 1.83. The predicted octanol–water partition coefficient (Wildman–Crippen LogP) is 2.78. The lowest BCUT2D eigenvalue weighted by Crippen LogP contribution is -2.20. The van der Waals surface area contributed by atoms with E-state index in [1.54, 1.807) is 12.4 Å². The molecule has 0 spiro atoms. The zero-order valence-electron chi connectivity index (χ0n) is 9.53. The first kappa shape index (κ1) is 10.4. The Bertz CT molecular complexity index is 320. The molecule has 1 aromatic rings. The van der Waals surface area contributed by atoms with Crippen molar-refractivity contribution in [1.29, 1.82) is 0 Å². The van der Waals surface area contributed by atoms with E-state index in [-0.39, 0.29) is 0 Å². The molecule has 3 heteroatoms. The quantitative estimate of drug-likeness (QED) is 0.803. The number of hydrogen-bond acceptors (Lipinski definition) is 3. The van der Waals surface area contributed by atoms with Gasteiger partial charge in [0.25, 0.3) is 0 Å². The van der Waals surface area contributed by atoms with Gasteiger partial charge in [-0.3, -0.25) is 4.98 Å². The Morgan fingerprint density at radius 1 is 1.40 bits per heavy atom. The van der Waals surface area contributed by atoms with Gasteiger partial charge >= 0.3 is 0 Å². The maximum absolute atomic E-state index is 4.32. The summed E-state index contributed by atoms with van der Waals surface area (Å²) >= 11 is 0. The molecular formula is C12H19N3. The van der Waals surface area contributed by atoms with Gasteiger partial charge < -0.3 is 5.32 Å². The van der Waals surface area contributed by atoms with Crippen LogP contribution < -0.4 is 5.32 Å². The first-order chi connectivity index (χ1) is 7.29. The van der Waals surface area contributed by atoms with E-state index in [0.717, 1.165) is 23.9 Å². The van der Waals surface area contributed by atoms with Crippen molar-refractivity contribution >= 4 is 5.82 Å². The molecule has 1 fully saturated rings. The number of nitrogens with zero attached hydrogens (tertiary/aromatic N) is 2. The van der Waals surface area contributed by atoms with Crippen LogP contribution in [0.4, 0.5) is 5.82 Å². The molecule has 1 heterocycles. The van der Waals surface area contributed by atoms with Crippen LogP contribution in [-0.4, -0.2) is 16.0 Å². The van der Waals surface area contributed by atoms with Crippen LogP contribution >= 0.6 is 0 Å². The molecule has 0 amide bonds. The van der Waals surface area contributed by atoms with Crippen LogP contribution in [-0.2, 0) is 0 Å². The summed E-state index contributed by atoms with van der Waals surface area (Å²) in [5.41, 5.74) is 0.992. The molecule has 1 N–H and O–H groups in total. The highest BCUT2D eigenvalue weighted by Crippen LogP contribution is 2.34. The largest absolute Gasteiger partial charge is 0.366 e. The first-order valence-electron chi connectivity index (χ1n) is 5.83. The molecular weight excluding hydrogens is 186 g/mol. The molecule has 1 saturated carbocycles. The Morgan fingerprint density at radius 2 is 2.13 bits per heavy atom. The standard InChI is InChI=1S/C12H19N3/c1-3-11(8-10-4-5-10)15-12-9(2)13-6-7-14-12/h6-7,10-11H,3-5,8H2,1-2H3,(H,14,15). The number of rotatable bonds is 5. The monoisotopic (exact) mass is 205 g/mol. The van der Waals surface area contributed by atoms with E-state index in [4.69, 9.17) is 0 Å². The Morgan fingerprint density at radius 3 is 2.73 bits per heavy atom. The molecule has 1 aliphatic rings. The molecule has 1 aliphatic carbocycles. The van der Waals surface area contributed by atoms with Gasteiger partial charge in [0.2, 0.25) is 0 Å². The Labute approximate surface area is 91.3 Å². The van der Waals surface area contributed by atoms with Gasteiger partial charge in [-0.15, -0.1) is 0 Å². The van der Waals surface area contributed by atoms with Crippen molar-refractivity contribution in [1.82, 2.24) is 9.97 Å². The van der Waals surface area contributed by atoms with E-state index in [1.807, 2.05) is 6.92 Å². The van der Waals surface area contributed by atoms with Gasteiger partial charge in [-0.05, 0) is 25.7 Å². The summed E-state index contributed by atoms with van der Waals surface area (Å²) in [6.07, 6.45) is 8.76. The number of hydrogen-bond donors (Lipinski definition) is 1. The molecule has 1 aromatic heterocycles. The Balaban J connectivity index is 1.95. The van der Waals surface area contributed by atoms with Crippen LogP contribution in [0, 0.1) is 12.8 Å². The molecule has 0 saturated heterocycles. The van der Waals surface area contributed by atoms with Crippen molar-refractivity contribution in [3.63, 3.8) is 0 Å². The zero-order chi connectivity index (χ0) is 10.7. The molecule has 82 valence electrons. The maximum atomic E-state index is 4.32. The lowest BCUT2D eigenvalue weighted by atomic mass is 10.1. The summed E-state index contributed by atoms with van der Waals surface area (Å²) < 4.78 is 0. The van der Waals surface area contributed by atoms with E-state index >= 15 is 0 Å². The normalized spacial score (nSPS) is 17.5. The molecule has 1 unspecified atom stereocenters. The molecule has 0 radical (unpaired) electrons. The highest BCUT2D eigenvalue weighted by Gasteiger charge is 2.24. The molecule has 3 nitrogen and oxygen atoms in total. The fourth-order valence-electron chi connectivity index (χ4n) is 1.83. The SMILES string of the molecule is CCC(CC1CC1)Nc1nccnc1C. The number of nitrogens with one attached hydrogen (secondary N) is 1. The van der Waals surface area contributed by atoms with Crippen molar-refractivity contribution in [2.45, 2.75) is 45.6 Å². The topological polar surface area (TPSA) is 37.8 Å². The average Bonchev–Trinajstić information content (AvgIpc) is 3.04. The second kappa shape index (κ2) is 4.60. The van der Waals surface area contributed by atoms with Crippen LogP contribution in [0.1, 0.15) is 38.3 Å². The van der Waals surface area contributed by atoms with E-state index in [9.17, 15) is 0 Å². The lowest BCUT2D eigenvalue weighted by Gasteiger charge is -2.17. The van der Waals surface area contributed by atoms with Gasteiger partial charge in [-0.1, -0.05) is 19.8 Å². The van der Waals surface area contributed by atoms with Crippen LogP contribution in [0.25, 0.3) is 0 Å². The number of aryl methyl sites for hydroxylation is 1. The third-order valence-corrected chi connectivity index (χ3v) is 3.03. The molecule has 0 aliphatic heterocycles. The van der Waals surface area contributed by atoms with E-state index in [0.29, 0.717) is 6.04 Å². The average molecular weight is 205 g/mol. The van der Waals surface area contributed by atoms with Gasteiger partial charge in [0.1, 0.15) is 5.82 Å². The summed E-state index contributed by atoms with van der Waals surface area (Å²) in [5, 5.41) is 3.49. The van der Waals surface area contributed by atoms with Crippen molar-refractivity contribution in [3.8, 4) is 0 Å². The number of anilines is 1. The fraction of sp³-hybridized carbons (Fsp3) is 0.667. The van der Waals surface area contributed by atoms with E-state index < -0.39 is 0 Å². The summed E-state index contributed by atoms with van der Waals surface area (Å²) in [7, 11) is 0. The van der Waals surface area contributed by atoms with Crippen LogP contribution in [0.2, 0.25) is 0 Å². The van der Waals surface area contributed by atoms with Crippen LogP contribution in [0.15, 0.2) is 12.4 Å². The van der Waals surface area contributed by atoms with Crippen molar-refractivity contribution in [3.05, 3.63) is 18.1 Å². The van der Waals surface area contributed by atoms with Crippen LogP contribution in [0.5, 0.6) is 0 Å². The zero-order valence-corrected chi connectivity index (χ0v) is 9.53. The molecule has 15 heavy (non-hydrogen) atoms. The minimum absolute atomic E-state index is 0.563. The first-order valence-corrected chi connectivity index (χ1v) is 5.83. The predicted molar refractivity (Wildman–Crippen MR) is 61.8 cm³/mol. The summed E-state index contributed by atoms with van der Waals surface area (Å²) in [4.78, 5) is 8.56. The highest BCUT2D eigenvalue weighted by molar-refractivity contribution is 5.39. The van der Waals surface area contributed by atoms with Gasteiger partial charge in [0.15, 0.2) is 0 Å². The van der Waals surface area contributed by atoms with Gasteiger partial charge in [0.05, 0.1) is 5.69 Å². The minimum atomic E-state index is 0.563. The van der Waals surface area contributed by atoms with Crippen molar-refractivity contribution in [2.24, 2.45) is 5.92 Å². The molecule has 0 aromatic carbocycles. The van der Waals surface area contributed by atoms with Gasteiger partial charge in [0, 0.05) is 18.4 Å². The van der Waals surface area contributed by atoms with E-state index in [1.165, 1.54) is 19.3 Å². The number of aromatic nitrogens is 2. The Hall–Kier alpha value is -1.12. The molecule has 0 bridgehead atoms. The maximum Gasteiger partial charge on any atom is 0.147 e.